The summed E-state index contributed by atoms with van der Waals surface area (Å²) in [6, 6.07) is 8.47. The first-order valence-corrected chi connectivity index (χ1v) is 6.75. The van der Waals surface area contributed by atoms with Crippen molar-refractivity contribution in [2.45, 2.75) is 52.1 Å². The van der Waals surface area contributed by atoms with Crippen LogP contribution in [-0.2, 0) is 0 Å². The van der Waals surface area contributed by atoms with Crippen molar-refractivity contribution in [2.24, 2.45) is 5.41 Å². The maximum absolute atomic E-state index is 10.6. The van der Waals surface area contributed by atoms with Crippen LogP contribution >= 0.6 is 0 Å². The Morgan fingerprint density at radius 1 is 1.22 bits per heavy atom. The number of rotatable bonds is 2. The highest BCUT2D eigenvalue weighted by Gasteiger charge is 2.40. The van der Waals surface area contributed by atoms with Gasteiger partial charge in [0.05, 0.1) is 17.6 Å². The van der Waals surface area contributed by atoms with Crippen molar-refractivity contribution in [2.75, 3.05) is 0 Å². The zero-order valence-corrected chi connectivity index (χ0v) is 11.2. The number of aryl methyl sites for hydroxylation is 2. The molecule has 18 heavy (non-hydrogen) atoms. The van der Waals surface area contributed by atoms with Gasteiger partial charge in [0, 0.05) is 0 Å². The Hall–Kier alpha value is -1.33. The summed E-state index contributed by atoms with van der Waals surface area (Å²) < 4.78 is 0. The molecule has 0 bridgehead atoms. The summed E-state index contributed by atoms with van der Waals surface area (Å²) in [5, 5.41) is 20.2. The number of hydrogen-bond acceptors (Lipinski definition) is 2. The van der Waals surface area contributed by atoms with Crippen molar-refractivity contribution < 1.29 is 5.11 Å². The van der Waals surface area contributed by atoms with E-state index in [1.165, 1.54) is 12.0 Å². The van der Waals surface area contributed by atoms with E-state index in [4.69, 9.17) is 0 Å². The van der Waals surface area contributed by atoms with Crippen LogP contribution in [0.1, 0.15) is 54.9 Å². The van der Waals surface area contributed by atoms with E-state index < -0.39 is 11.5 Å². The number of hydrogen-bond donors (Lipinski definition) is 1. The summed E-state index contributed by atoms with van der Waals surface area (Å²) in [6.45, 7) is 4.06. The van der Waals surface area contributed by atoms with Gasteiger partial charge in [-0.25, -0.2) is 0 Å². The van der Waals surface area contributed by atoms with Gasteiger partial charge in [-0.2, -0.15) is 5.26 Å². The highest BCUT2D eigenvalue weighted by atomic mass is 16.3. The van der Waals surface area contributed by atoms with E-state index in [9.17, 15) is 10.4 Å². The van der Waals surface area contributed by atoms with Crippen LogP contribution < -0.4 is 0 Å². The minimum atomic E-state index is -0.650. The van der Waals surface area contributed by atoms with Crippen molar-refractivity contribution in [1.82, 2.24) is 0 Å². The fourth-order valence-corrected chi connectivity index (χ4v) is 3.06. The van der Waals surface area contributed by atoms with Gasteiger partial charge in [-0.05, 0) is 37.8 Å². The average molecular weight is 243 g/mol. The quantitative estimate of drug-likeness (QED) is 0.858. The highest BCUT2D eigenvalue weighted by molar-refractivity contribution is 5.34. The Balaban J connectivity index is 2.34. The standard InChI is InChI=1S/C16H21NO/c1-12-6-7-14(13(2)10-12)15(18)16(11-17)8-4-3-5-9-16/h6-7,10,15,18H,3-5,8-9H2,1-2H3. The Bertz CT molecular complexity index is 466. The molecule has 2 heteroatoms. The number of nitrogens with zero attached hydrogens (tertiary/aromatic N) is 1. The van der Waals surface area contributed by atoms with Crippen LogP contribution in [0.15, 0.2) is 18.2 Å². The third-order valence-corrected chi connectivity index (χ3v) is 4.21. The molecule has 2 nitrogen and oxygen atoms in total. The van der Waals surface area contributed by atoms with Crippen LogP contribution in [0.25, 0.3) is 0 Å². The van der Waals surface area contributed by atoms with Gasteiger partial charge >= 0.3 is 0 Å². The second-order valence-electron chi connectivity index (χ2n) is 5.59. The van der Waals surface area contributed by atoms with E-state index in [-0.39, 0.29) is 0 Å². The van der Waals surface area contributed by atoms with Gasteiger partial charge in [-0.15, -0.1) is 0 Å². The summed E-state index contributed by atoms with van der Waals surface area (Å²) >= 11 is 0. The van der Waals surface area contributed by atoms with Gasteiger partial charge in [-0.3, -0.25) is 0 Å². The third kappa shape index (κ3) is 2.28. The molecule has 1 unspecified atom stereocenters. The first-order valence-electron chi connectivity index (χ1n) is 6.75. The molecule has 1 saturated carbocycles. The van der Waals surface area contributed by atoms with E-state index in [1.807, 2.05) is 26.0 Å². The molecule has 96 valence electrons. The fourth-order valence-electron chi connectivity index (χ4n) is 3.06. The van der Waals surface area contributed by atoms with Crippen LogP contribution in [0.4, 0.5) is 0 Å². The lowest BCUT2D eigenvalue weighted by Crippen LogP contribution is -2.30. The van der Waals surface area contributed by atoms with E-state index in [0.717, 1.165) is 36.8 Å². The molecular formula is C16H21NO. The highest BCUT2D eigenvalue weighted by Crippen LogP contribution is 2.46. The second-order valence-corrected chi connectivity index (χ2v) is 5.59. The lowest BCUT2D eigenvalue weighted by molar-refractivity contribution is 0.0355. The lowest BCUT2D eigenvalue weighted by Gasteiger charge is -2.35. The first-order chi connectivity index (χ1) is 8.59. The van der Waals surface area contributed by atoms with Gasteiger partial charge in [0.25, 0.3) is 0 Å². The predicted octanol–water partition coefficient (Wildman–Crippen LogP) is 3.81. The Labute approximate surface area is 109 Å². The third-order valence-electron chi connectivity index (χ3n) is 4.21. The van der Waals surface area contributed by atoms with Crippen molar-refractivity contribution in [3.63, 3.8) is 0 Å². The largest absolute Gasteiger partial charge is 0.387 e. The van der Waals surface area contributed by atoms with Gasteiger partial charge < -0.3 is 5.11 Å². The molecule has 0 radical (unpaired) electrons. The zero-order chi connectivity index (χ0) is 13.2. The lowest BCUT2D eigenvalue weighted by atomic mass is 9.69. The van der Waals surface area contributed by atoms with Crippen molar-refractivity contribution in [1.29, 1.82) is 5.26 Å². The van der Waals surface area contributed by atoms with E-state index in [2.05, 4.69) is 12.1 Å². The molecule has 1 fully saturated rings. The van der Waals surface area contributed by atoms with Gasteiger partial charge in [0.2, 0.25) is 0 Å². The van der Waals surface area contributed by atoms with E-state index in [1.54, 1.807) is 0 Å². The summed E-state index contributed by atoms with van der Waals surface area (Å²) in [6.07, 6.45) is 4.27. The minimum absolute atomic E-state index is 0.571. The summed E-state index contributed by atoms with van der Waals surface area (Å²) in [5.41, 5.74) is 2.63. The first kappa shape index (κ1) is 13.1. The fraction of sp³-hybridized carbons (Fsp3) is 0.562. The molecular weight excluding hydrogens is 222 g/mol. The average Bonchev–Trinajstić information content (AvgIpc) is 2.39. The number of aliphatic hydroxyl groups is 1. The molecule has 2 rings (SSSR count). The molecule has 0 spiro atoms. The molecule has 1 N–H and O–H groups in total. The van der Waals surface area contributed by atoms with Crippen LogP contribution in [0.5, 0.6) is 0 Å². The van der Waals surface area contributed by atoms with Crippen molar-refractivity contribution in [3.8, 4) is 6.07 Å². The Morgan fingerprint density at radius 3 is 2.44 bits per heavy atom. The maximum atomic E-state index is 10.6. The van der Waals surface area contributed by atoms with E-state index in [0.29, 0.717) is 0 Å². The number of benzene rings is 1. The molecule has 0 saturated heterocycles. The van der Waals surface area contributed by atoms with Crippen LogP contribution in [0.3, 0.4) is 0 Å². The minimum Gasteiger partial charge on any atom is -0.387 e. The maximum Gasteiger partial charge on any atom is 0.0978 e. The summed E-state index contributed by atoms with van der Waals surface area (Å²) in [5.74, 6) is 0. The normalized spacial score (nSPS) is 20.1. The van der Waals surface area contributed by atoms with Gasteiger partial charge in [-0.1, -0.05) is 43.0 Å². The van der Waals surface area contributed by atoms with Crippen LogP contribution in [0, 0.1) is 30.6 Å². The van der Waals surface area contributed by atoms with E-state index >= 15 is 0 Å². The topological polar surface area (TPSA) is 44.0 Å². The van der Waals surface area contributed by atoms with Gasteiger partial charge in [0.15, 0.2) is 0 Å². The predicted molar refractivity (Wildman–Crippen MR) is 72.0 cm³/mol. The Kier molecular flexibility index (Phi) is 3.73. The zero-order valence-electron chi connectivity index (χ0n) is 11.2. The SMILES string of the molecule is Cc1ccc(C(O)C2(C#N)CCCCC2)c(C)c1. The molecule has 0 aliphatic heterocycles. The number of aliphatic hydroxyl groups excluding tert-OH is 1. The molecule has 0 amide bonds. The number of nitriles is 1. The second kappa shape index (κ2) is 5.12. The molecule has 0 aromatic heterocycles. The Morgan fingerprint density at radius 2 is 1.89 bits per heavy atom. The smallest absolute Gasteiger partial charge is 0.0978 e. The van der Waals surface area contributed by atoms with Crippen molar-refractivity contribution in [3.05, 3.63) is 34.9 Å². The van der Waals surface area contributed by atoms with Gasteiger partial charge in [0.1, 0.15) is 0 Å². The molecule has 1 aliphatic rings. The summed E-state index contributed by atoms with van der Waals surface area (Å²) in [7, 11) is 0. The molecule has 1 aromatic rings. The van der Waals surface area contributed by atoms with Crippen molar-refractivity contribution >= 4 is 0 Å². The van der Waals surface area contributed by atoms with Crippen LogP contribution in [0.2, 0.25) is 0 Å². The molecule has 0 heterocycles. The van der Waals surface area contributed by atoms with Crippen LogP contribution in [-0.4, -0.2) is 5.11 Å². The summed E-state index contributed by atoms with van der Waals surface area (Å²) in [4.78, 5) is 0. The molecule has 1 aliphatic carbocycles. The molecule has 1 aromatic carbocycles. The molecule has 1 atom stereocenters. The monoisotopic (exact) mass is 243 g/mol.